The Labute approximate surface area is 199 Å². The second-order valence-electron chi connectivity index (χ2n) is 8.49. The highest BCUT2D eigenvalue weighted by Crippen LogP contribution is 2.44. The number of pyridine rings is 1. The zero-order chi connectivity index (χ0) is 23.1. The Balaban J connectivity index is 1.70. The Morgan fingerprint density at radius 2 is 1.73 bits per heavy atom. The van der Waals surface area contributed by atoms with Crippen LogP contribution in [0.2, 0.25) is 0 Å². The van der Waals surface area contributed by atoms with Gasteiger partial charge in [0.25, 0.3) is 0 Å². The van der Waals surface area contributed by atoms with Gasteiger partial charge >= 0.3 is 0 Å². The molecule has 2 unspecified atom stereocenters. The zero-order valence-corrected chi connectivity index (χ0v) is 19.7. The van der Waals surface area contributed by atoms with Crippen molar-refractivity contribution in [1.29, 1.82) is 0 Å². The van der Waals surface area contributed by atoms with Crippen LogP contribution in [-0.2, 0) is 0 Å². The van der Waals surface area contributed by atoms with Crippen LogP contribution in [0.3, 0.4) is 0 Å². The van der Waals surface area contributed by atoms with E-state index in [1.54, 1.807) is 6.07 Å². The van der Waals surface area contributed by atoms with Crippen LogP contribution < -0.4 is 10.2 Å². The summed E-state index contributed by atoms with van der Waals surface area (Å²) < 4.78 is 2.11. The Morgan fingerprint density at radius 3 is 2.45 bits per heavy atom. The molecule has 1 fully saturated rings. The third-order valence-corrected chi connectivity index (χ3v) is 6.60. The minimum atomic E-state index is -0.113. The number of aromatic nitrogens is 2. The van der Waals surface area contributed by atoms with Gasteiger partial charge in [-0.05, 0) is 86.6 Å². The van der Waals surface area contributed by atoms with E-state index in [0.717, 1.165) is 34.0 Å². The maximum atomic E-state index is 10.5. The molecule has 3 heterocycles. The lowest BCUT2D eigenvalue weighted by Crippen LogP contribution is -2.29. The van der Waals surface area contributed by atoms with Crippen molar-refractivity contribution in [3.63, 3.8) is 0 Å². The van der Waals surface area contributed by atoms with Gasteiger partial charge in [0.05, 0.1) is 23.5 Å². The first-order chi connectivity index (χ1) is 16.0. The molecule has 1 aliphatic rings. The fourth-order valence-electron chi connectivity index (χ4n) is 4.84. The van der Waals surface area contributed by atoms with E-state index in [1.807, 2.05) is 42.6 Å². The summed E-state index contributed by atoms with van der Waals surface area (Å²) >= 11 is 5.86. The van der Waals surface area contributed by atoms with Crippen molar-refractivity contribution >= 4 is 23.0 Å². The van der Waals surface area contributed by atoms with Crippen LogP contribution in [0.15, 0.2) is 79.0 Å². The number of aromatic hydroxyl groups is 1. The van der Waals surface area contributed by atoms with E-state index in [1.165, 1.54) is 5.56 Å². The summed E-state index contributed by atoms with van der Waals surface area (Å²) in [7, 11) is 0. The summed E-state index contributed by atoms with van der Waals surface area (Å²) in [6, 6.07) is 23.8. The van der Waals surface area contributed by atoms with E-state index in [0.29, 0.717) is 5.11 Å². The van der Waals surface area contributed by atoms with Crippen LogP contribution >= 0.6 is 12.2 Å². The van der Waals surface area contributed by atoms with Crippen molar-refractivity contribution < 1.29 is 5.11 Å². The molecule has 5 rings (SSSR count). The van der Waals surface area contributed by atoms with E-state index in [-0.39, 0.29) is 17.8 Å². The maximum Gasteiger partial charge on any atom is 0.174 e. The van der Waals surface area contributed by atoms with Crippen LogP contribution in [0.5, 0.6) is 5.75 Å². The quantitative estimate of drug-likeness (QED) is 0.389. The molecule has 0 aliphatic carbocycles. The molecule has 0 bridgehead atoms. The number of benzene rings is 2. The highest BCUT2D eigenvalue weighted by Gasteiger charge is 2.42. The fourth-order valence-corrected chi connectivity index (χ4v) is 5.18. The van der Waals surface area contributed by atoms with Crippen LogP contribution in [0.25, 0.3) is 5.69 Å². The molecular weight excluding hydrogens is 428 g/mol. The second kappa shape index (κ2) is 8.37. The number of phenolic OH excluding ortho intramolecular Hbond substituents is 1. The second-order valence-corrected chi connectivity index (χ2v) is 8.87. The molecule has 0 saturated carbocycles. The number of para-hydroxylation sites is 2. The van der Waals surface area contributed by atoms with Crippen molar-refractivity contribution in [2.24, 2.45) is 0 Å². The lowest BCUT2D eigenvalue weighted by molar-refractivity contribution is 0.471. The van der Waals surface area contributed by atoms with Crippen molar-refractivity contribution in [1.82, 2.24) is 14.9 Å². The fraction of sp³-hybridized carbons (Fsp3) is 0.185. The zero-order valence-electron chi connectivity index (χ0n) is 18.9. The molecule has 4 aromatic rings. The molecule has 6 heteroatoms. The van der Waals surface area contributed by atoms with E-state index >= 15 is 0 Å². The van der Waals surface area contributed by atoms with Crippen molar-refractivity contribution in [2.75, 3.05) is 4.90 Å². The SMILES string of the molecule is Cc1cccc(N2C(=S)NC(c3ccccn3)C2c2cc(C)n(-c3ccccc3O)c2C)c1. The molecule has 33 heavy (non-hydrogen) atoms. The largest absolute Gasteiger partial charge is 0.506 e. The van der Waals surface area contributed by atoms with Crippen molar-refractivity contribution in [3.8, 4) is 11.4 Å². The predicted octanol–water partition coefficient (Wildman–Crippen LogP) is 5.68. The smallest absolute Gasteiger partial charge is 0.174 e. The van der Waals surface area contributed by atoms with E-state index in [2.05, 4.69) is 70.9 Å². The Kier molecular flexibility index (Phi) is 5.38. The van der Waals surface area contributed by atoms with Gasteiger partial charge in [-0.3, -0.25) is 4.98 Å². The van der Waals surface area contributed by atoms with Gasteiger partial charge in [-0.25, -0.2) is 0 Å². The normalized spacial score (nSPS) is 17.9. The summed E-state index contributed by atoms with van der Waals surface area (Å²) in [5.41, 5.74) is 7.17. The maximum absolute atomic E-state index is 10.5. The lowest BCUT2D eigenvalue weighted by Gasteiger charge is -2.28. The molecule has 1 saturated heterocycles. The number of aryl methyl sites for hydroxylation is 2. The average Bonchev–Trinajstić information content (AvgIpc) is 3.30. The van der Waals surface area contributed by atoms with Gasteiger partial charge in [-0.15, -0.1) is 0 Å². The molecular formula is C27H26N4OS. The van der Waals surface area contributed by atoms with Crippen LogP contribution in [-0.4, -0.2) is 19.8 Å². The van der Waals surface area contributed by atoms with E-state index in [4.69, 9.17) is 12.2 Å². The number of phenols is 1. The summed E-state index contributed by atoms with van der Waals surface area (Å²) in [5.74, 6) is 0.253. The molecule has 0 radical (unpaired) electrons. The molecule has 0 amide bonds. The van der Waals surface area contributed by atoms with Gasteiger partial charge in [0.15, 0.2) is 5.11 Å². The molecule has 2 N–H and O–H groups in total. The summed E-state index contributed by atoms with van der Waals surface area (Å²) in [4.78, 5) is 6.85. The molecule has 0 spiro atoms. The first-order valence-corrected chi connectivity index (χ1v) is 11.4. The van der Waals surface area contributed by atoms with E-state index < -0.39 is 0 Å². The number of rotatable bonds is 4. The predicted molar refractivity (Wildman–Crippen MR) is 136 cm³/mol. The van der Waals surface area contributed by atoms with Gasteiger partial charge in [0.2, 0.25) is 0 Å². The van der Waals surface area contributed by atoms with Crippen LogP contribution in [0, 0.1) is 20.8 Å². The molecule has 5 nitrogen and oxygen atoms in total. The summed E-state index contributed by atoms with van der Waals surface area (Å²) in [6.07, 6.45) is 1.82. The lowest BCUT2D eigenvalue weighted by atomic mass is 9.96. The van der Waals surface area contributed by atoms with E-state index in [9.17, 15) is 5.11 Å². The molecule has 2 aromatic heterocycles. The monoisotopic (exact) mass is 454 g/mol. The highest BCUT2D eigenvalue weighted by atomic mass is 32.1. The topological polar surface area (TPSA) is 53.3 Å². The number of nitrogens with one attached hydrogen (secondary N) is 1. The third-order valence-electron chi connectivity index (χ3n) is 6.29. The van der Waals surface area contributed by atoms with Gasteiger partial charge < -0.3 is 19.9 Å². The van der Waals surface area contributed by atoms with Gasteiger partial charge in [-0.2, -0.15) is 0 Å². The third kappa shape index (κ3) is 3.66. The van der Waals surface area contributed by atoms with Gasteiger partial charge in [-0.1, -0.05) is 30.3 Å². The summed E-state index contributed by atoms with van der Waals surface area (Å²) in [6.45, 7) is 6.25. The molecule has 2 aromatic carbocycles. The number of nitrogens with zero attached hydrogens (tertiary/aromatic N) is 3. The number of anilines is 1. The van der Waals surface area contributed by atoms with Crippen LogP contribution in [0.4, 0.5) is 5.69 Å². The van der Waals surface area contributed by atoms with Crippen molar-refractivity contribution in [3.05, 3.63) is 107 Å². The Hall–Kier alpha value is -3.64. The standard InChI is InChI=1S/C27H26N4OS/c1-17-9-8-10-20(15-17)31-26(25(29-27(31)33)22-11-6-7-14-28-22)21-16-18(2)30(19(21)3)23-12-4-5-13-24(23)32/h4-16,25-26,32H,1-3H3,(H,29,33). The minimum absolute atomic E-state index is 0.0972. The first kappa shape index (κ1) is 21.2. The van der Waals surface area contributed by atoms with Gasteiger partial charge in [0.1, 0.15) is 5.75 Å². The Bertz CT molecular complexity index is 1330. The van der Waals surface area contributed by atoms with Crippen LogP contribution in [0.1, 0.15) is 40.3 Å². The number of thiocarbonyl (C=S) groups is 1. The molecule has 166 valence electrons. The molecule has 1 aliphatic heterocycles. The first-order valence-electron chi connectivity index (χ1n) is 11.0. The number of hydrogen-bond acceptors (Lipinski definition) is 3. The van der Waals surface area contributed by atoms with Gasteiger partial charge in [0, 0.05) is 23.3 Å². The highest BCUT2D eigenvalue weighted by molar-refractivity contribution is 7.80. The number of hydrogen-bond donors (Lipinski definition) is 2. The molecule has 2 atom stereocenters. The average molecular weight is 455 g/mol. The summed E-state index contributed by atoms with van der Waals surface area (Å²) in [5, 5.41) is 14.8. The Morgan fingerprint density at radius 1 is 0.939 bits per heavy atom. The minimum Gasteiger partial charge on any atom is -0.506 e. The van der Waals surface area contributed by atoms with Crippen molar-refractivity contribution in [2.45, 2.75) is 32.9 Å².